The van der Waals surface area contributed by atoms with Crippen LogP contribution in [0.15, 0.2) is 24.3 Å². The van der Waals surface area contributed by atoms with Crippen LogP contribution in [-0.2, 0) is 9.67 Å². The minimum atomic E-state index is -0.353. The summed E-state index contributed by atoms with van der Waals surface area (Å²) in [6, 6.07) is 7.81. The number of thioether (sulfide) groups is 1. The van der Waals surface area contributed by atoms with Crippen molar-refractivity contribution >= 4 is 23.5 Å². The second kappa shape index (κ2) is 4.92. The van der Waals surface area contributed by atoms with E-state index in [0.717, 1.165) is 23.3 Å². The van der Waals surface area contributed by atoms with Gasteiger partial charge in [0.05, 0.1) is 0 Å². The van der Waals surface area contributed by atoms with Crippen molar-refractivity contribution < 1.29 is 9.59 Å². The number of hydrogen-bond donors (Lipinski definition) is 0. The van der Waals surface area contributed by atoms with Crippen LogP contribution in [0.25, 0.3) is 0 Å². The molecule has 106 valence electrons. The molecule has 20 heavy (non-hydrogen) atoms. The lowest BCUT2D eigenvalue weighted by Gasteiger charge is -2.52. The lowest BCUT2D eigenvalue weighted by atomic mass is 9.73. The number of Topliss-reactive ketones (excluding diaryl/α,β-unsaturated/α-hetero) is 1. The number of rotatable bonds is 2. The Balaban J connectivity index is 2.23. The van der Waals surface area contributed by atoms with Gasteiger partial charge in [0.2, 0.25) is 5.91 Å². The van der Waals surface area contributed by atoms with E-state index in [1.54, 1.807) is 11.8 Å². The van der Waals surface area contributed by atoms with Crippen molar-refractivity contribution in [1.29, 1.82) is 0 Å². The van der Waals surface area contributed by atoms with Gasteiger partial charge in [-0.25, -0.2) is 0 Å². The van der Waals surface area contributed by atoms with Crippen molar-refractivity contribution in [3.05, 3.63) is 35.4 Å². The molecule has 2 atom stereocenters. The van der Waals surface area contributed by atoms with E-state index in [0.29, 0.717) is 12.8 Å². The molecular formula is C16H19NO2S. The first kappa shape index (κ1) is 13.7. The molecule has 1 aliphatic heterocycles. The number of likely N-dealkylation sites (tertiary alicyclic amines) is 1. The Morgan fingerprint density at radius 1 is 1.35 bits per heavy atom. The summed E-state index contributed by atoms with van der Waals surface area (Å²) >= 11 is 1.79. The number of carbonyl (C=O) groups excluding carboxylic acids is 2. The number of fused-ring (bicyclic) bond motifs is 3. The molecule has 0 saturated carbocycles. The van der Waals surface area contributed by atoms with Crippen LogP contribution in [0.4, 0.5) is 0 Å². The van der Waals surface area contributed by atoms with E-state index in [-0.39, 0.29) is 22.5 Å². The summed E-state index contributed by atoms with van der Waals surface area (Å²) in [4.78, 5) is 26.1. The topological polar surface area (TPSA) is 37.4 Å². The van der Waals surface area contributed by atoms with Crippen LogP contribution in [0.3, 0.4) is 0 Å². The third-order valence-electron chi connectivity index (χ3n) is 4.54. The molecule has 1 amide bonds. The molecule has 0 spiro atoms. The third kappa shape index (κ3) is 1.74. The first-order valence-corrected chi connectivity index (χ1v) is 8.13. The lowest BCUT2D eigenvalue weighted by molar-refractivity contribution is -0.139. The first-order chi connectivity index (χ1) is 9.61. The number of hydrogen-bond acceptors (Lipinski definition) is 3. The first-order valence-electron chi connectivity index (χ1n) is 7.14. The van der Waals surface area contributed by atoms with Crippen LogP contribution >= 0.6 is 11.8 Å². The highest BCUT2D eigenvalue weighted by Gasteiger charge is 2.53. The van der Waals surface area contributed by atoms with Gasteiger partial charge in [0.1, 0.15) is 4.87 Å². The summed E-state index contributed by atoms with van der Waals surface area (Å²) in [5.74, 6) is 1.57. The van der Waals surface area contributed by atoms with E-state index in [1.165, 1.54) is 0 Å². The fourth-order valence-corrected chi connectivity index (χ4v) is 5.15. The van der Waals surface area contributed by atoms with Gasteiger partial charge in [0, 0.05) is 31.4 Å². The number of benzene rings is 1. The quantitative estimate of drug-likeness (QED) is 0.840. The average Bonchev–Trinajstić information content (AvgIpc) is 2.46. The van der Waals surface area contributed by atoms with Gasteiger partial charge >= 0.3 is 0 Å². The second-order valence-corrected chi connectivity index (χ2v) is 6.98. The molecule has 1 aliphatic carbocycles. The molecule has 0 aromatic heterocycles. The Labute approximate surface area is 123 Å². The number of nitrogens with zero attached hydrogens (tertiary/aromatic N) is 1. The molecule has 4 heteroatoms. The lowest BCUT2D eigenvalue weighted by Crippen LogP contribution is -2.56. The normalized spacial score (nSPS) is 29.1. The standard InChI is InChI=1S/C16H19NO2S/c1-3-20-16-11(8-9-15(19)17(16)2)10-14(18)12-6-4-5-7-13(12)16/h4-7,11H,3,8-10H2,1-2H3. The monoisotopic (exact) mass is 289 g/mol. The molecule has 3 rings (SSSR count). The largest absolute Gasteiger partial charge is 0.327 e. The number of amides is 1. The summed E-state index contributed by atoms with van der Waals surface area (Å²) in [5, 5.41) is 0. The van der Waals surface area contributed by atoms with Crippen molar-refractivity contribution in [2.75, 3.05) is 12.8 Å². The van der Waals surface area contributed by atoms with Crippen LogP contribution in [-0.4, -0.2) is 29.4 Å². The Morgan fingerprint density at radius 3 is 2.85 bits per heavy atom. The van der Waals surface area contributed by atoms with Crippen LogP contribution in [0.1, 0.15) is 42.1 Å². The van der Waals surface area contributed by atoms with E-state index in [4.69, 9.17) is 0 Å². The van der Waals surface area contributed by atoms with Gasteiger partial charge in [0.15, 0.2) is 5.78 Å². The molecule has 3 nitrogen and oxygen atoms in total. The molecule has 1 saturated heterocycles. The summed E-state index contributed by atoms with van der Waals surface area (Å²) in [7, 11) is 1.89. The summed E-state index contributed by atoms with van der Waals surface area (Å²) in [6.45, 7) is 2.11. The summed E-state index contributed by atoms with van der Waals surface area (Å²) in [6.07, 6.45) is 1.93. The van der Waals surface area contributed by atoms with Crippen molar-refractivity contribution in [3.63, 3.8) is 0 Å². The average molecular weight is 289 g/mol. The highest BCUT2D eigenvalue weighted by atomic mass is 32.2. The molecule has 1 aromatic rings. The van der Waals surface area contributed by atoms with Gasteiger partial charge in [0.25, 0.3) is 0 Å². The SMILES string of the molecule is CCSC12c3ccccc3C(=O)CC1CCC(=O)N2C. The summed E-state index contributed by atoms with van der Waals surface area (Å²) < 4.78 is 0. The zero-order chi connectivity index (χ0) is 14.3. The van der Waals surface area contributed by atoms with E-state index in [2.05, 4.69) is 6.92 Å². The van der Waals surface area contributed by atoms with Crippen molar-refractivity contribution in [2.24, 2.45) is 5.92 Å². The van der Waals surface area contributed by atoms with Crippen LogP contribution in [0.5, 0.6) is 0 Å². The van der Waals surface area contributed by atoms with Gasteiger partial charge in [-0.05, 0) is 17.7 Å². The summed E-state index contributed by atoms with van der Waals surface area (Å²) in [5.41, 5.74) is 1.83. The Morgan fingerprint density at radius 2 is 2.10 bits per heavy atom. The molecule has 2 unspecified atom stereocenters. The number of ketones is 1. The van der Waals surface area contributed by atoms with Crippen molar-refractivity contribution in [1.82, 2.24) is 4.90 Å². The van der Waals surface area contributed by atoms with Gasteiger partial charge in [-0.3, -0.25) is 9.59 Å². The van der Waals surface area contributed by atoms with E-state index in [9.17, 15) is 9.59 Å². The van der Waals surface area contributed by atoms with Crippen molar-refractivity contribution in [2.45, 2.75) is 31.1 Å². The van der Waals surface area contributed by atoms with Crippen LogP contribution in [0, 0.1) is 5.92 Å². The number of piperidine rings is 1. The highest BCUT2D eigenvalue weighted by molar-refractivity contribution is 8.00. The predicted octanol–water partition coefficient (Wildman–Crippen LogP) is 3.05. The molecule has 0 radical (unpaired) electrons. The molecule has 0 N–H and O–H groups in total. The zero-order valence-electron chi connectivity index (χ0n) is 11.9. The Bertz CT molecular complexity index is 571. The molecule has 0 bridgehead atoms. The zero-order valence-corrected chi connectivity index (χ0v) is 12.7. The van der Waals surface area contributed by atoms with Gasteiger partial charge < -0.3 is 4.90 Å². The maximum absolute atomic E-state index is 12.4. The smallest absolute Gasteiger partial charge is 0.223 e. The molecule has 2 aliphatic rings. The third-order valence-corrected chi connectivity index (χ3v) is 6.10. The van der Waals surface area contributed by atoms with E-state index >= 15 is 0 Å². The predicted molar refractivity (Wildman–Crippen MR) is 80.7 cm³/mol. The van der Waals surface area contributed by atoms with Gasteiger partial charge in [-0.2, -0.15) is 0 Å². The minimum absolute atomic E-state index is 0.186. The van der Waals surface area contributed by atoms with Crippen LogP contribution in [0.2, 0.25) is 0 Å². The maximum atomic E-state index is 12.4. The van der Waals surface area contributed by atoms with Crippen molar-refractivity contribution in [3.8, 4) is 0 Å². The minimum Gasteiger partial charge on any atom is -0.327 e. The Hall–Kier alpha value is -1.29. The highest BCUT2D eigenvalue weighted by Crippen LogP contribution is 2.54. The molecule has 1 aromatic carbocycles. The van der Waals surface area contributed by atoms with Crippen LogP contribution < -0.4 is 0 Å². The maximum Gasteiger partial charge on any atom is 0.223 e. The second-order valence-electron chi connectivity index (χ2n) is 5.49. The fourth-order valence-electron chi connectivity index (χ4n) is 3.65. The molecular weight excluding hydrogens is 270 g/mol. The van der Waals surface area contributed by atoms with Gasteiger partial charge in [-0.15, -0.1) is 11.8 Å². The molecule has 1 fully saturated rings. The number of carbonyl (C=O) groups is 2. The Kier molecular flexibility index (Phi) is 3.36. The van der Waals surface area contributed by atoms with E-state index in [1.807, 2.05) is 36.2 Å². The van der Waals surface area contributed by atoms with Gasteiger partial charge in [-0.1, -0.05) is 31.2 Å². The van der Waals surface area contributed by atoms with E-state index < -0.39 is 0 Å². The fraction of sp³-hybridized carbons (Fsp3) is 0.500. The molecule has 1 heterocycles.